The molecular formula is C19H22N2O4S. The third-order valence-corrected chi connectivity index (χ3v) is 4.62. The van der Waals surface area contributed by atoms with E-state index in [1.807, 2.05) is 55.6 Å². The number of benzene rings is 1. The van der Waals surface area contributed by atoms with Gasteiger partial charge >= 0.3 is 5.97 Å². The molecular weight excluding hydrogens is 352 g/mol. The van der Waals surface area contributed by atoms with Crippen LogP contribution in [0.3, 0.4) is 0 Å². The average Bonchev–Trinajstić information content (AvgIpc) is 3.09. The first-order valence-corrected chi connectivity index (χ1v) is 9.19. The molecule has 0 aliphatic rings. The van der Waals surface area contributed by atoms with E-state index in [4.69, 9.17) is 5.11 Å². The maximum absolute atomic E-state index is 12.4. The first kappa shape index (κ1) is 19.7. The van der Waals surface area contributed by atoms with Crippen molar-refractivity contribution in [3.8, 4) is 11.1 Å². The number of thiophene rings is 1. The minimum Gasteiger partial charge on any atom is -0.480 e. The van der Waals surface area contributed by atoms with Crippen LogP contribution in [0.15, 0.2) is 41.8 Å². The van der Waals surface area contributed by atoms with Gasteiger partial charge in [0.1, 0.15) is 6.04 Å². The van der Waals surface area contributed by atoms with Crippen LogP contribution in [0.5, 0.6) is 0 Å². The molecule has 3 N–H and O–H groups in total. The summed E-state index contributed by atoms with van der Waals surface area (Å²) in [7, 11) is 0. The third-order valence-electron chi connectivity index (χ3n) is 3.71. The molecule has 0 saturated carbocycles. The second-order valence-corrected chi connectivity index (χ2v) is 7.22. The Bertz CT molecular complexity index is 771. The lowest BCUT2D eigenvalue weighted by molar-refractivity contribution is -0.142. The molecule has 0 unspecified atom stereocenters. The van der Waals surface area contributed by atoms with Crippen LogP contribution in [0.25, 0.3) is 11.1 Å². The zero-order valence-electron chi connectivity index (χ0n) is 14.7. The van der Waals surface area contributed by atoms with Gasteiger partial charge < -0.3 is 15.7 Å². The van der Waals surface area contributed by atoms with Crippen LogP contribution in [-0.4, -0.2) is 35.5 Å². The molecule has 0 saturated heterocycles. The Morgan fingerprint density at radius 1 is 1.12 bits per heavy atom. The van der Waals surface area contributed by atoms with Crippen LogP contribution in [0, 0.1) is 5.92 Å². The zero-order chi connectivity index (χ0) is 19.1. The predicted molar refractivity (Wildman–Crippen MR) is 101 cm³/mol. The summed E-state index contributed by atoms with van der Waals surface area (Å²) < 4.78 is 0. The monoisotopic (exact) mass is 374 g/mol. The molecule has 26 heavy (non-hydrogen) atoms. The zero-order valence-corrected chi connectivity index (χ0v) is 15.5. The minimum atomic E-state index is -1.08. The van der Waals surface area contributed by atoms with Crippen LogP contribution in [0.1, 0.15) is 29.9 Å². The van der Waals surface area contributed by atoms with E-state index >= 15 is 0 Å². The highest BCUT2D eigenvalue weighted by molar-refractivity contribution is 7.12. The third kappa shape index (κ3) is 5.42. The van der Waals surface area contributed by atoms with Crippen LogP contribution in [-0.2, 0) is 9.59 Å². The smallest absolute Gasteiger partial charge is 0.326 e. The molecule has 7 heteroatoms. The number of amides is 2. The van der Waals surface area contributed by atoms with E-state index in [1.54, 1.807) is 0 Å². The second kappa shape index (κ2) is 9.15. The highest BCUT2D eigenvalue weighted by Crippen LogP contribution is 2.27. The van der Waals surface area contributed by atoms with E-state index in [2.05, 4.69) is 10.6 Å². The minimum absolute atomic E-state index is 0.130. The van der Waals surface area contributed by atoms with Crippen molar-refractivity contribution in [2.24, 2.45) is 5.92 Å². The summed E-state index contributed by atoms with van der Waals surface area (Å²) in [6.07, 6.45) is 0.331. The van der Waals surface area contributed by atoms with E-state index in [9.17, 15) is 14.4 Å². The fourth-order valence-electron chi connectivity index (χ4n) is 2.51. The van der Waals surface area contributed by atoms with E-state index in [-0.39, 0.29) is 18.4 Å². The Morgan fingerprint density at radius 2 is 1.81 bits per heavy atom. The summed E-state index contributed by atoms with van der Waals surface area (Å²) in [5, 5.41) is 16.0. The highest BCUT2D eigenvalue weighted by atomic mass is 32.1. The maximum atomic E-state index is 12.4. The van der Waals surface area contributed by atoms with Gasteiger partial charge in [-0.15, -0.1) is 11.3 Å². The van der Waals surface area contributed by atoms with E-state index in [0.717, 1.165) is 11.1 Å². The van der Waals surface area contributed by atoms with Crippen molar-refractivity contribution in [3.63, 3.8) is 0 Å². The number of hydrogen-bond donors (Lipinski definition) is 3. The van der Waals surface area contributed by atoms with Crippen LogP contribution >= 0.6 is 11.3 Å². The predicted octanol–water partition coefficient (Wildman–Crippen LogP) is 2.76. The number of carboxylic acid groups (broad SMARTS) is 1. The fourth-order valence-corrected chi connectivity index (χ4v) is 3.34. The number of carbonyl (C=O) groups excluding carboxylic acids is 2. The molecule has 0 spiro atoms. The van der Waals surface area contributed by atoms with Gasteiger partial charge in [-0.3, -0.25) is 9.59 Å². The summed E-state index contributed by atoms with van der Waals surface area (Å²) in [4.78, 5) is 36.1. The first-order valence-electron chi connectivity index (χ1n) is 8.31. The van der Waals surface area contributed by atoms with Crippen molar-refractivity contribution < 1.29 is 19.5 Å². The van der Waals surface area contributed by atoms with Crippen molar-refractivity contribution in [2.75, 3.05) is 6.54 Å². The molecule has 2 amide bonds. The number of aliphatic carboxylic acids is 1. The largest absolute Gasteiger partial charge is 0.480 e. The van der Waals surface area contributed by atoms with E-state index in [0.29, 0.717) is 11.3 Å². The molecule has 1 atom stereocenters. The summed E-state index contributed by atoms with van der Waals surface area (Å²) in [5.74, 6) is -1.83. The molecule has 0 bridgehead atoms. The highest BCUT2D eigenvalue weighted by Gasteiger charge is 2.22. The first-order chi connectivity index (χ1) is 12.4. The molecule has 0 radical (unpaired) electrons. The molecule has 138 valence electrons. The number of carbonyl (C=O) groups is 3. The lowest BCUT2D eigenvalue weighted by Gasteiger charge is -2.16. The number of carboxylic acids is 1. The van der Waals surface area contributed by atoms with Gasteiger partial charge in [-0.05, 0) is 29.3 Å². The lowest BCUT2D eigenvalue weighted by atomic mass is 10.0. The van der Waals surface area contributed by atoms with Crippen LogP contribution in [0.4, 0.5) is 0 Å². The fraction of sp³-hybridized carbons (Fsp3) is 0.316. The molecule has 2 rings (SSSR count). The van der Waals surface area contributed by atoms with Gasteiger partial charge in [-0.25, -0.2) is 4.79 Å². The van der Waals surface area contributed by atoms with E-state index < -0.39 is 17.9 Å². The molecule has 1 heterocycles. The van der Waals surface area contributed by atoms with Crippen LogP contribution < -0.4 is 10.6 Å². The Morgan fingerprint density at radius 3 is 2.42 bits per heavy atom. The van der Waals surface area contributed by atoms with Gasteiger partial charge in [0.25, 0.3) is 5.91 Å². The van der Waals surface area contributed by atoms with Crippen molar-refractivity contribution >= 4 is 29.1 Å². The average molecular weight is 374 g/mol. The van der Waals surface area contributed by atoms with Gasteiger partial charge in [-0.2, -0.15) is 0 Å². The molecule has 2 aromatic rings. The topological polar surface area (TPSA) is 95.5 Å². The Hall–Kier alpha value is -2.67. The second-order valence-electron chi connectivity index (χ2n) is 6.30. The van der Waals surface area contributed by atoms with Gasteiger partial charge in [0, 0.05) is 5.56 Å². The van der Waals surface area contributed by atoms with Gasteiger partial charge in [0.15, 0.2) is 0 Å². The molecule has 0 aliphatic carbocycles. The molecule has 6 nitrogen and oxygen atoms in total. The van der Waals surface area contributed by atoms with Gasteiger partial charge in [0.05, 0.1) is 11.4 Å². The van der Waals surface area contributed by atoms with Crippen molar-refractivity contribution in [1.82, 2.24) is 10.6 Å². The van der Waals surface area contributed by atoms with Crippen LogP contribution in [0.2, 0.25) is 0 Å². The number of nitrogens with one attached hydrogen (secondary N) is 2. The Labute approximate surface area is 156 Å². The summed E-state index contributed by atoms with van der Waals surface area (Å²) in [6.45, 7) is 3.49. The summed E-state index contributed by atoms with van der Waals surface area (Å²) >= 11 is 1.29. The molecule has 1 aromatic heterocycles. The van der Waals surface area contributed by atoms with Crippen molar-refractivity contribution in [3.05, 3.63) is 46.7 Å². The molecule has 0 aliphatic heterocycles. The Kier molecular flexibility index (Phi) is 6.91. The number of hydrogen-bond acceptors (Lipinski definition) is 4. The Balaban J connectivity index is 1.96. The van der Waals surface area contributed by atoms with Gasteiger partial charge in [-0.1, -0.05) is 44.2 Å². The summed E-state index contributed by atoms with van der Waals surface area (Å²) in [5.41, 5.74) is 1.72. The summed E-state index contributed by atoms with van der Waals surface area (Å²) in [6, 6.07) is 10.4. The number of rotatable bonds is 8. The quantitative estimate of drug-likeness (QED) is 0.662. The molecule has 1 aromatic carbocycles. The normalized spacial score (nSPS) is 11.8. The van der Waals surface area contributed by atoms with Crippen molar-refractivity contribution in [2.45, 2.75) is 26.3 Å². The van der Waals surface area contributed by atoms with E-state index in [1.165, 1.54) is 11.3 Å². The molecule has 0 fully saturated rings. The van der Waals surface area contributed by atoms with Gasteiger partial charge in [0.2, 0.25) is 5.91 Å². The SMILES string of the molecule is CC(C)C[C@H](NC(=O)CNC(=O)c1sccc1-c1ccccc1)C(=O)O. The standard InChI is InChI=1S/C19H22N2O4S/c1-12(2)10-15(19(24)25)21-16(22)11-20-18(23)17-14(8-9-26-17)13-6-4-3-5-7-13/h3-9,12,15H,10-11H2,1-2H3,(H,20,23)(H,21,22)(H,24,25)/t15-/m0/s1. The van der Waals surface area contributed by atoms with Crippen molar-refractivity contribution in [1.29, 1.82) is 0 Å². The maximum Gasteiger partial charge on any atom is 0.326 e. The lowest BCUT2D eigenvalue weighted by Crippen LogP contribution is -2.46.